The number of nitrogens with zero attached hydrogens (tertiary/aromatic N) is 4. The van der Waals surface area contributed by atoms with Crippen LogP contribution in [0.3, 0.4) is 0 Å². The van der Waals surface area contributed by atoms with Gasteiger partial charge in [-0.3, -0.25) is 0 Å². The Bertz CT molecular complexity index is 1230. The lowest BCUT2D eigenvalue weighted by Gasteiger charge is -2.09. The maximum Gasteiger partial charge on any atom is 0.319 e. The largest absolute Gasteiger partial charge is 0.475 e. The van der Waals surface area contributed by atoms with E-state index in [1.807, 2.05) is 0 Å². The number of rotatable bonds is 6. The predicted octanol–water partition coefficient (Wildman–Crippen LogP) is 3.41. The van der Waals surface area contributed by atoms with E-state index in [1.54, 1.807) is 24.3 Å². The van der Waals surface area contributed by atoms with Gasteiger partial charge in [-0.05, 0) is 42.5 Å². The first-order valence-electron chi connectivity index (χ1n) is 9.11. The number of anilines is 1. The van der Waals surface area contributed by atoms with Gasteiger partial charge in [0.15, 0.2) is 11.5 Å². The van der Waals surface area contributed by atoms with E-state index < -0.39 is 17.7 Å². The Morgan fingerprint density at radius 3 is 2.55 bits per heavy atom. The highest BCUT2D eigenvalue weighted by Crippen LogP contribution is 2.19. The fourth-order valence-corrected chi connectivity index (χ4v) is 2.71. The number of fused-ring (bicyclic) bond motifs is 1. The van der Waals surface area contributed by atoms with Gasteiger partial charge in [0.1, 0.15) is 24.1 Å². The summed E-state index contributed by atoms with van der Waals surface area (Å²) in [6.07, 6.45) is 0. The van der Waals surface area contributed by atoms with Crippen LogP contribution in [0.5, 0.6) is 5.88 Å². The third kappa shape index (κ3) is 4.71. The molecule has 0 aliphatic rings. The normalized spacial score (nSPS) is 10.8. The molecule has 4 aromatic rings. The fraction of sp³-hybridized carbons (Fsp3) is 0.100. The molecule has 0 bridgehead atoms. The van der Waals surface area contributed by atoms with Crippen molar-refractivity contribution in [2.75, 3.05) is 18.5 Å². The van der Waals surface area contributed by atoms with E-state index in [0.717, 1.165) is 18.2 Å². The first kappa shape index (κ1) is 20.1. The summed E-state index contributed by atoms with van der Waals surface area (Å²) in [5.41, 5.74) is 0.828. The number of aromatic nitrogens is 4. The van der Waals surface area contributed by atoms with Gasteiger partial charge in [-0.25, -0.2) is 18.0 Å². The van der Waals surface area contributed by atoms with Crippen LogP contribution in [-0.4, -0.2) is 39.0 Å². The van der Waals surface area contributed by atoms with Gasteiger partial charge in [0.05, 0.1) is 12.2 Å². The van der Waals surface area contributed by atoms with Gasteiger partial charge in [-0.2, -0.15) is 4.52 Å². The van der Waals surface area contributed by atoms with E-state index in [0.29, 0.717) is 17.0 Å². The number of ether oxygens (including phenoxy) is 1. The molecule has 0 spiro atoms. The van der Waals surface area contributed by atoms with Crippen molar-refractivity contribution in [3.05, 3.63) is 72.0 Å². The molecule has 11 heteroatoms. The van der Waals surface area contributed by atoms with E-state index in [9.17, 15) is 18.0 Å². The van der Waals surface area contributed by atoms with Crippen molar-refractivity contribution in [2.45, 2.75) is 0 Å². The van der Waals surface area contributed by atoms with Crippen molar-refractivity contribution >= 4 is 17.4 Å². The van der Waals surface area contributed by atoms with Gasteiger partial charge >= 0.3 is 6.03 Å². The lowest BCUT2D eigenvalue weighted by Crippen LogP contribution is -2.32. The molecule has 0 atom stereocenters. The van der Waals surface area contributed by atoms with Crippen molar-refractivity contribution < 1.29 is 22.7 Å². The Balaban J connectivity index is 1.35. The molecule has 2 aromatic carbocycles. The molecule has 2 heterocycles. The molecule has 2 amide bonds. The number of hydrogen-bond acceptors (Lipinski definition) is 5. The Labute approximate surface area is 173 Å². The molecular weight excluding hydrogens is 413 g/mol. The monoisotopic (exact) mass is 428 g/mol. The second kappa shape index (κ2) is 8.69. The minimum absolute atomic E-state index is 0.0611. The Morgan fingerprint density at radius 1 is 0.968 bits per heavy atom. The first-order valence-corrected chi connectivity index (χ1v) is 9.11. The molecule has 0 radical (unpaired) electrons. The summed E-state index contributed by atoms with van der Waals surface area (Å²) in [6, 6.07) is 11.0. The fourth-order valence-electron chi connectivity index (χ4n) is 2.71. The standard InChI is InChI=1S/C20H15F3N6O2/c21-13-3-1-12(2-4-13)19-27-26-17-7-8-18(28-29(17)19)31-10-9-24-20(30)25-16-11-14(22)5-6-15(16)23/h1-8,11H,9-10H2,(H2,24,25,30). The van der Waals surface area contributed by atoms with Crippen molar-refractivity contribution in [3.8, 4) is 17.3 Å². The summed E-state index contributed by atoms with van der Waals surface area (Å²) < 4.78 is 46.8. The second-order valence-corrected chi connectivity index (χ2v) is 6.33. The summed E-state index contributed by atoms with van der Waals surface area (Å²) in [7, 11) is 0. The van der Waals surface area contributed by atoms with Gasteiger partial charge in [-0.15, -0.1) is 15.3 Å². The van der Waals surface area contributed by atoms with Crippen LogP contribution in [0.1, 0.15) is 0 Å². The van der Waals surface area contributed by atoms with Crippen molar-refractivity contribution in [1.82, 2.24) is 25.1 Å². The number of halogens is 3. The summed E-state index contributed by atoms with van der Waals surface area (Å²) in [4.78, 5) is 11.8. The minimum Gasteiger partial charge on any atom is -0.475 e. The molecule has 0 saturated carbocycles. The van der Waals surface area contributed by atoms with E-state index in [1.165, 1.54) is 16.6 Å². The Kier molecular flexibility index (Phi) is 5.65. The summed E-state index contributed by atoms with van der Waals surface area (Å²) in [6.45, 7) is 0.140. The van der Waals surface area contributed by atoms with Crippen LogP contribution in [0.15, 0.2) is 54.6 Å². The molecule has 31 heavy (non-hydrogen) atoms. The van der Waals surface area contributed by atoms with Crippen LogP contribution < -0.4 is 15.4 Å². The Morgan fingerprint density at radius 2 is 1.74 bits per heavy atom. The molecule has 0 unspecified atom stereocenters. The lowest BCUT2D eigenvalue weighted by molar-refractivity contribution is 0.246. The molecule has 158 valence electrons. The molecule has 0 fully saturated rings. The van der Waals surface area contributed by atoms with Crippen LogP contribution in [0.4, 0.5) is 23.7 Å². The Hall–Kier alpha value is -4.15. The van der Waals surface area contributed by atoms with Gasteiger partial charge in [-0.1, -0.05) is 0 Å². The molecule has 0 aliphatic carbocycles. The number of carbonyl (C=O) groups excluding carboxylic acids is 1. The van der Waals surface area contributed by atoms with Crippen molar-refractivity contribution in [3.63, 3.8) is 0 Å². The third-order valence-corrected chi connectivity index (χ3v) is 4.15. The SMILES string of the molecule is O=C(NCCOc1ccc2nnc(-c3ccc(F)cc3)n2n1)Nc1cc(F)ccc1F. The van der Waals surface area contributed by atoms with Gasteiger partial charge < -0.3 is 15.4 Å². The van der Waals surface area contributed by atoms with Gasteiger partial charge in [0, 0.05) is 17.7 Å². The molecule has 0 aliphatic heterocycles. The number of urea groups is 1. The highest BCUT2D eigenvalue weighted by atomic mass is 19.1. The molecule has 8 nitrogen and oxygen atoms in total. The van der Waals surface area contributed by atoms with Crippen LogP contribution in [0, 0.1) is 17.5 Å². The highest BCUT2D eigenvalue weighted by molar-refractivity contribution is 5.89. The average molecular weight is 428 g/mol. The van der Waals surface area contributed by atoms with E-state index >= 15 is 0 Å². The smallest absolute Gasteiger partial charge is 0.319 e. The average Bonchev–Trinajstić information content (AvgIpc) is 3.18. The zero-order chi connectivity index (χ0) is 21.8. The first-order chi connectivity index (χ1) is 15.0. The summed E-state index contributed by atoms with van der Waals surface area (Å²) in [5, 5.41) is 17.0. The summed E-state index contributed by atoms with van der Waals surface area (Å²) >= 11 is 0. The highest BCUT2D eigenvalue weighted by Gasteiger charge is 2.11. The number of benzene rings is 2. The van der Waals surface area contributed by atoms with Crippen LogP contribution >= 0.6 is 0 Å². The summed E-state index contributed by atoms with van der Waals surface area (Å²) in [5.74, 6) is -1.14. The quantitative estimate of drug-likeness (QED) is 0.459. The van der Waals surface area contributed by atoms with Crippen molar-refractivity contribution in [2.24, 2.45) is 0 Å². The number of amides is 2. The van der Waals surface area contributed by atoms with Crippen LogP contribution in [-0.2, 0) is 0 Å². The van der Waals surface area contributed by atoms with Crippen LogP contribution in [0.25, 0.3) is 17.0 Å². The molecule has 0 saturated heterocycles. The third-order valence-electron chi connectivity index (χ3n) is 4.15. The van der Waals surface area contributed by atoms with Crippen LogP contribution in [0.2, 0.25) is 0 Å². The van der Waals surface area contributed by atoms with Gasteiger partial charge in [0.2, 0.25) is 5.88 Å². The lowest BCUT2D eigenvalue weighted by atomic mass is 10.2. The second-order valence-electron chi connectivity index (χ2n) is 6.33. The number of carbonyl (C=O) groups is 1. The van der Waals surface area contributed by atoms with E-state index in [4.69, 9.17) is 4.74 Å². The zero-order valence-electron chi connectivity index (χ0n) is 15.8. The molecule has 2 aromatic heterocycles. The number of nitrogens with one attached hydrogen (secondary N) is 2. The molecular formula is C20H15F3N6O2. The zero-order valence-corrected chi connectivity index (χ0v) is 15.8. The topological polar surface area (TPSA) is 93.4 Å². The van der Waals surface area contributed by atoms with E-state index in [-0.39, 0.29) is 30.5 Å². The predicted molar refractivity (Wildman–Crippen MR) is 105 cm³/mol. The van der Waals surface area contributed by atoms with E-state index in [2.05, 4.69) is 25.9 Å². The maximum atomic E-state index is 13.5. The maximum absolute atomic E-state index is 13.5. The van der Waals surface area contributed by atoms with Gasteiger partial charge in [0.25, 0.3) is 0 Å². The van der Waals surface area contributed by atoms with Crippen molar-refractivity contribution in [1.29, 1.82) is 0 Å². The minimum atomic E-state index is -0.754. The molecule has 2 N–H and O–H groups in total. The molecule has 4 rings (SSSR count). The number of hydrogen-bond donors (Lipinski definition) is 2.